The highest BCUT2D eigenvalue weighted by Crippen LogP contribution is 2.33. The molecule has 21 heavy (non-hydrogen) atoms. The minimum absolute atomic E-state index is 0.227. The molecule has 1 atom stereocenters. The molecule has 0 saturated heterocycles. The van der Waals surface area contributed by atoms with Crippen molar-refractivity contribution in [3.05, 3.63) is 51.2 Å². The molecule has 0 spiro atoms. The Morgan fingerprint density at radius 1 is 1.33 bits per heavy atom. The highest BCUT2D eigenvalue weighted by Gasteiger charge is 2.23. The number of aliphatic hydroxyl groups is 1. The summed E-state index contributed by atoms with van der Waals surface area (Å²) in [6.45, 7) is 2.39. The van der Waals surface area contributed by atoms with Gasteiger partial charge in [0, 0.05) is 13.0 Å². The van der Waals surface area contributed by atoms with Gasteiger partial charge in [-0.05, 0) is 53.0 Å². The minimum atomic E-state index is -0.250. The number of rotatable bonds is 4. The van der Waals surface area contributed by atoms with Gasteiger partial charge in [0.25, 0.3) is 0 Å². The first-order valence-corrected chi connectivity index (χ1v) is 8.09. The predicted molar refractivity (Wildman–Crippen MR) is 83.3 cm³/mol. The number of carbonyl (C=O) groups excluding carboxylic acids is 1. The number of benzene rings is 1. The van der Waals surface area contributed by atoms with Gasteiger partial charge in [0.05, 0.1) is 0 Å². The lowest BCUT2D eigenvalue weighted by molar-refractivity contribution is 0.0740. The number of aliphatic hydroxyl groups excluding tert-OH is 1. The minimum Gasteiger partial charge on any atom is -0.422 e. The van der Waals surface area contributed by atoms with E-state index < -0.39 is 0 Å². The summed E-state index contributed by atoms with van der Waals surface area (Å²) in [4.78, 5) is 12.8. The molecule has 0 radical (unpaired) electrons. The summed E-state index contributed by atoms with van der Waals surface area (Å²) in [5, 5.41) is 10.9. The van der Waals surface area contributed by atoms with Crippen molar-refractivity contribution in [1.29, 1.82) is 0 Å². The molecule has 1 aromatic heterocycles. The van der Waals surface area contributed by atoms with E-state index in [1.807, 2.05) is 23.6 Å². The van der Waals surface area contributed by atoms with E-state index >= 15 is 0 Å². The van der Waals surface area contributed by atoms with E-state index in [4.69, 9.17) is 9.84 Å². The number of hydrogen-bond donors (Lipinski definition) is 1. The second kappa shape index (κ2) is 6.00. The van der Waals surface area contributed by atoms with Gasteiger partial charge in [-0.15, -0.1) is 11.3 Å². The van der Waals surface area contributed by atoms with Crippen LogP contribution in [0.2, 0.25) is 0 Å². The summed E-state index contributed by atoms with van der Waals surface area (Å²) in [7, 11) is 0. The third kappa shape index (κ3) is 2.87. The van der Waals surface area contributed by atoms with Crippen LogP contribution in [0.5, 0.6) is 5.75 Å². The molecule has 110 valence electrons. The quantitative estimate of drug-likeness (QED) is 0.691. The van der Waals surface area contributed by atoms with E-state index in [9.17, 15) is 4.79 Å². The van der Waals surface area contributed by atoms with Crippen molar-refractivity contribution >= 4 is 17.3 Å². The van der Waals surface area contributed by atoms with Crippen LogP contribution in [-0.2, 0) is 6.42 Å². The molecule has 1 unspecified atom stereocenters. The fourth-order valence-electron chi connectivity index (χ4n) is 2.71. The number of ether oxygens (including phenoxy) is 1. The molecule has 4 heteroatoms. The maximum absolute atomic E-state index is 12.0. The average Bonchev–Trinajstić information content (AvgIpc) is 2.90. The number of hydrogen-bond acceptors (Lipinski definition) is 4. The number of carbonyl (C=O) groups is 1. The van der Waals surface area contributed by atoms with Gasteiger partial charge in [-0.2, -0.15) is 0 Å². The Hall–Kier alpha value is -1.65. The van der Waals surface area contributed by atoms with Gasteiger partial charge >= 0.3 is 5.97 Å². The first-order chi connectivity index (χ1) is 10.2. The fourth-order valence-corrected chi connectivity index (χ4v) is 3.51. The fraction of sp³-hybridized carbons (Fsp3) is 0.353. The third-order valence-corrected chi connectivity index (χ3v) is 4.90. The molecular formula is C17H18O3S. The van der Waals surface area contributed by atoms with Gasteiger partial charge in [0.1, 0.15) is 10.6 Å². The van der Waals surface area contributed by atoms with Crippen LogP contribution in [0.3, 0.4) is 0 Å². The van der Waals surface area contributed by atoms with Gasteiger partial charge in [-0.1, -0.05) is 19.1 Å². The zero-order valence-electron chi connectivity index (χ0n) is 12.0. The van der Waals surface area contributed by atoms with Crippen molar-refractivity contribution in [1.82, 2.24) is 0 Å². The first kappa shape index (κ1) is 14.3. The first-order valence-electron chi connectivity index (χ1n) is 7.21. The Bertz CT molecular complexity index is 660. The summed E-state index contributed by atoms with van der Waals surface area (Å²) in [5.41, 5.74) is 3.34. The number of thiophene rings is 1. The van der Waals surface area contributed by atoms with Gasteiger partial charge in [0.15, 0.2) is 0 Å². The maximum atomic E-state index is 12.0. The Balaban J connectivity index is 1.91. The summed E-state index contributed by atoms with van der Waals surface area (Å²) in [5.74, 6) is 0.810. The van der Waals surface area contributed by atoms with Crippen molar-refractivity contribution in [3.63, 3.8) is 0 Å². The Kier molecular flexibility index (Phi) is 4.08. The molecule has 2 heterocycles. The van der Waals surface area contributed by atoms with E-state index in [1.54, 1.807) is 0 Å². The molecule has 1 aromatic carbocycles. The molecule has 2 aromatic rings. The third-order valence-electron chi connectivity index (χ3n) is 3.96. The normalized spacial score (nSPS) is 14.9. The van der Waals surface area contributed by atoms with Gasteiger partial charge in [0.2, 0.25) is 0 Å². The molecule has 0 fully saturated rings. The van der Waals surface area contributed by atoms with Crippen molar-refractivity contribution in [2.45, 2.75) is 32.1 Å². The van der Waals surface area contributed by atoms with Crippen molar-refractivity contribution < 1.29 is 14.6 Å². The molecule has 0 saturated carbocycles. The average molecular weight is 302 g/mol. The van der Waals surface area contributed by atoms with Crippen molar-refractivity contribution in [2.24, 2.45) is 0 Å². The summed E-state index contributed by atoms with van der Waals surface area (Å²) >= 11 is 1.44. The second-order valence-corrected chi connectivity index (χ2v) is 6.39. The molecule has 1 aliphatic rings. The lowest BCUT2D eigenvalue weighted by Crippen LogP contribution is -2.06. The topological polar surface area (TPSA) is 46.5 Å². The standard InChI is InChI=1S/C17H18O3S/c1-11(3-2-7-18)12-4-5-15-14(9-12)10-13-6-8-21-16(13)17(19)20-15/h4-6,8-9,11,18H,2-3,7,10H2,1H3. The van der Waals surface area contributed by atoms with Crippen LogP contribution in [0.25, 0.3) is 0 Å². The van der Waals surface area contributed by atoms with E-state index in [0.29, 0.717) is 16.5 Å². The summed E-state index contributed by atoms with van der Waals surface area (Å²) < 4.78 is 5.49. The van der Waals surface area contributed by atoms with Crippen LogP contribution in [0, 0.1) is 0 Å². The number of fused-ring (bicyclic) bond motifs is 2. The van der Waals surface area contributed by atoms with Crippen LogP contribution in [-0.4, -0.2) is 17.7 Å². The molecule has 1 N–H and O–H groups in total. The van der Waals surface area contributed by atoms with E-state index in [0.717, 1.165) is 30.4 Å². The van der Waals surface area contributed by atoms with Crippen LogP contribution >= 0.6 is 11.3 Å². The molecule has 0 bridgehead atoms. The van der Waals surface area contributed by atoms with Crippen molar-refractivity contribution in [3.8, 4) is 5.75 Å². The van der Waals surface area contributed by atoms with Crippen LogP contribution in [0.4, 0.5) is 0 Å². The monoisotopic (exact) mass is 302 g/mol. The maximum Gasteiger partial charge on any atom is 0.354 e. The predicted octanol–water partition coefficient (Wildman–Crippen LogP) is 3.75. The highest BCUT2D eigenvalue weighted by atomic mass is 32.1. The molecule has 0 amide bonds. The van der Waals surface area contributed by atoms with Gasteiger partial charge in [-0.3, -0.25) is 0 Å². The zero-order chi connectivity index (χ0) is 14.8. The Morgan fingerprint density at radius 2 is 2.19 bits per heavy atom. The summed E-state index contributed by atoms with van der Waals surface area (Å²) in [6, 6.07) is 8.05. The van der Waals surface area contributed by atoms with E-state index in [1.165, 1.54) is 16.9 Å². The Labute approximate surface area is 128 Å². The van der Waals surface area contributed by atoms with E-state index in [-0.39, 0.29) is 12.6 Å². The van der Waals surface area contributed by atoms with Crippen LogP contribution in [0.15, 0.2) is 29.6 Å². The van der Waals surface area contributed by atoms with Crippen molar-refractivity contribution in [2.75, 3.05) is 6.61 Å². The van der Waals surface area contributed by atoms with Gasteiger partial charge in [-0.25, -0.2) is 4.79 Å². The van der Waals surface area contributed by atoms with E-state index in [2.05, 4.69) is 13.0 Å². The SMILES string of the molecule is CC(CCCO)c1ccc2c(c1)Cc1ccsc1C(=O)O2. The lowest BCUT2D eigenvalue weighted by Gasteiger charge is -2.14. The van der Waals surface area contributed by atoms with Crippen LogP contribution < -0.4 is 4.74 Å². The Morgan fingerprint density at radius 3 is 3.00 bits per heavy atom. The molecule has 3 rings (SSSR count). The molecule has 0 aliphatic carbocycles. The smallest absolute Gasteiger partial charge is 0.354 e. The zero-order valence-corrected chi connectivity index (χ0v) is 12.8. The molecule has 1 aliphatic heterocycles. The van der Waals surface area contributed by atoms with Gasteiger partial charge < -0.3 is 9.84 Å². The number of esters is 1. The second-order valence-electron chi connectivity index (χ2n) is 5.48. The summed E-state index contributed by atoms with van der Waals surface area (Å²) in [6.07, 6.45) is 2.50. The molecular weight excluding hydrogens is 284 g/mol. The largest absolute Gasteiger partial charge is 0.422 e. The lowest BCUT2D eigenvalue weighted by atomic mass is 9.93. The van der Waals surface area contributed by atoms with Crippen LogP contribution in [0.1, 0.15) is 52.0 Å². The highest BCUT2D eigenvalue weighted by molar-refractivity contribution is 7.12. The molecule has 3 nitrogen and oxygen atoms in total.